The molecule has 0 spiro atoms. The molecule has 1 atom stereocenters. The number of aliphatic hydroxyl groups excluding tert-OH is 1. The van der Waals surface area contributed by atoms with E-state index in [1.54, 1.807) is 36.7 Å². The number of nitrogens with two attached hydrogens (primary N) is 1. The number of aromatic nitrogens is 2. The number of aliphatic hydroxyl groups is 1. The molecule has 51 heavy (non-hydrogen) atoms. The fraction of sp³-hybridized carbons (Fsp3) is 0.317. The van der Waals surface area contributed by atoms with Crippen LogP contribution in [0.1, 0.15) is 37.8 Å². The molecule has 1 unspecified atom stereocenters. The molecule has 3 aromatic carbocycles. The smallest absolute Gasteiger partial charge is 0.215 e. The van der Waals surface area contributed by atoms with Gasteiger partial charge in [0.1, 0.15) is 17.3 Å². The first-order valence-corrected chi connectivity index (χ1v) is 17.5. The van der Waals surface area contributed by atoms with E-state index in [-0.39, 0.29) is 35.5 Å². The average Bonchev–Trinajstić information content (AvgIpc) is 3.14. The van der Waals surface area contributed by atoms with Crippen LogP contribution in [0, 0.1) is 18.7 Å². The lowest BCUT2D eigenvalue weighted by Gasteiger charge is -2.21. The molecule has 5 rings (SSSR count). The Balaban J connectivity index is 1.43. The minimum atomic E-state index is -0.434. The zero-order valence-electron chi connectivity index (χ0n) is 29.9. The van der Waals surface area contributed by atoms with E-state index in [1.807, 2.05) is 67.9 Å². The highest BCUT2D eigenvalue weighted by Gasteiger charge is 2.20. The quantitative estimate of drug-likeness (QED) is 0.0909. The topological polar surface area (TPSA) is 99.7 Å². The number of anilines is 3. The van der Waals surface area contributed by atoms with Gasteiger partial charge in [0.25, 0.3) is 0 Å². The third-order valence-electron chi connectivity index (χ3n) is 9.45. The number of nitrogen functional groups attached to an aromatic ring is 1. The molecule has 0 bridgehead atoms. The van der Waals surface area contributed by atoms with Gasteiger partial charge < -0.3 is 20.7 Å². The molecule has 0 amide bonds. The van der Waals surface area contributed by atoms with Crippen LogP contribution in [0.25, 0.3) is 33.4 Å². The zero-order valence-corrected chi connectivity index (χ0v) is 29.9. The van der Waals surface area contributed by atoms with Gasteiger partial charge in [0.15, 0.2) is 0 Å². The van der Waals surface area contributed by atoms with Gasteiger partial charge in [-0.05, 0) is 73.8 Å². The van der Waals surface area contributed by atoms with E-state index in [0.29, 0.717) is 63.6 Å². The van der Waals surface area contributed by atoms with E-state index in [2.05, 4.69) is 22.1 Å². The Morgan fingerprint density at radius 3 is 2.27 bits per heavy atom. The number of hydrogen-bond acceptors (Lipinski definition) is 7. The molecule has 5 aromatic rings. The van der Waals surface area contributed by atoms with Crippen molar-refractivity contribution in [3.05, 3.63) is 119 Å². The third kappa shape index (κ3) is 9.07. The van der Waals surface area contributed by atoms with Crippen molar-refractivity contribution in [3.8, 4) is 33.4 Å². The number of benzene rings is 3. The first kappa shape index (κ1) is 37.4. The highest BCUT2D eigenvalue weighted by atomic mass is 19.2. The van der Waals surface area contributed by atoms with Gasteiger partial charge in [-0.1, -0.05) is 78.8 Å². The summed E-state index contributed by atoms with van der Waals surface area (Å²) in [5, 5.41) is 13.1. The summed E-state index contributed by atoms with van der Waals surface area (Å²) < 4.78 is 33.4. The largest absolute Gasteiger partial charge is 0.396 e. The van der Waals surface area contributed by atoms with Crippen molar-refractivity contribution in [1.82, 2.24) is 19.8 Å². The van der Waals surface area contributed by atoms with Crippen LogP contribution in [-0.2, 0) is 13.1 Å². The molecule has 0 aliphatic heterocycles. The first-order chi connectivity index (χ1) is 24.6. The molecule has 10 heteroatoms. The Bertz CT molecular complexity index is 1960. The van der Waals surface area contributed by atoms with Crippen LogP contribution in [0.3, 0.4) is 0 Å². The van der Waals surface area contributed by atoms with E-state index >= 15 is 8.87 Å². The molecule has 8 nitrogen and oxygen atoms in total. The Labute approximate surface area is 299 Å². The summed E-state index contributed by atoms with van der Waals surface area (Å²) in [4.78, 5) is 20.3. The lowest BCUT2D eigenvalue weighted by molar-refractivity contribution is 0.243. The van der Waals surface area contributed by atoms with Gasteiger partial charge in [0.2, 0.25) is 5.43 Å². The van der Waals surface area contributed by atoms with Crippen LogP contribution in [-0.4, -0.2) is 52.8 Å². The van der Waals surface area contributed by atoms with Crippen molar-refractivity contribution in [3.63, 3.8) is 0 Å². The van der Waals surface area contributed by atoms with Crippen LogP contribution in [0.5, 0.6) is 0 Å². The number of halogens is 2. The van der Waals surface area contributed by atoms with Crippen molar-refractivity contribution >= 4 is 17.2 Å². The van der Waals surface area contributed by atoms with Gasteiger partial charge in [0.05, 0.1) is 5.69 Å². The summed E-state index contributed by atoms with van der Waals surface area (Å²) in [7, 11) is 1.90. The molecule has 0 radical (unpaired) electrons. The van der Waals surface area contributed by atoms with Crippen molar-refractivity contribution in [2.75, 3.05) is 44.1 Å². The summed E-state index contributed by atoms with van der Waals surface area (Å²) in [5.74, 6) is 0.156. The fourth-order valence-electron chi connectivity index (χ4n) is 6.19. The van der Waals surface area contributed by atoms with Crippen molar-refractivity contribution < 1.29 is 14.0 Å². The molecule has 2 heterocycles. The number of nitrogens with one attached hydrogen (secondary N) is 1. The number of rotatable bonds is 16. The maximum absolute atomic E-state index is 16.3. The van der Waals surface area contributed by atoms with Crippen LogP contribution in [0.15, 0.2) is 96.2 Å². The molecule has 4 N–H and O–H groups in total. The molecular weight excluding hydrogens is 646 g/mol. The van der Waals surface area contributed by atoms with E-state index in [0.717, 1.165) is 31.6 Å². The molecule has 0 saturated carbocycles. The Morgan fingerprint density at radius 1 is 0.941 bits per heavy atom. The van der Waals surface area contributed by atoms with Crippen LogP contribution in [0.2, 0.25) is 0 Å². The number of likely N-dealkylation sites (N-methyl/N-ethyl adjacent to an activating group) is 2. The van der Waals surface area contributed by atoms with Gasteiger partial charge >= 0.3 is 0 Å². The lowest BCUT2D eigenvalue weighted by Crippen LogP contribution is -2.30. The molecule has 0 aliphatic rings. The summed E-state index contributed by atoms with van der Waals surface area (Å²) in [6, 6.07) is 21.3. The molecular formula is C41H48F2N6O2. The third-order valence-corrected chi connectivity index (χ3v) is 9.45. The zero-order chi connectivity index (χ0) is 36.5. The number of hydrogen-bond donors (Lipinski definition) is 3. The monoisotopic (exact) mass is 694 g/mol. The second-order valence-corrected chi connectivity index (χ2v) is 13.0. The Hall–Kier alpha value is -4.90. The van der Waals surface area contributed by atoms with Gasteiger partial charge in [-0.25, -0.2) is 9.37 Å². The molecule has 0 fully saturated rings. The number of pyridine rings is 2. The van der Waals surface area contributed by atoms with Gasteiger partial charge in [-0.3, -0.25) is 9.69 Å². The van der Waals surface area contributed by atoms with Gasteiger partial charge in [-0.2, -0.15) is 5.12 Å². The predicted octanol–water partition coefficient (Wildman–Crippen LogP) is 7.75. The van der Waals surface area contributed by atoms with Crippen molar-refractivity contribution in [2.24, 2.45) is 5.92 Å². The Morgan fingerprint density at radius 2 is 1.63 bits per heavy atom. The highest BCUT2D eigenvalue weighted by molar-refractivity contribution is 5.80. The van der Waals surface area contributed by atoms with Crippen LogP contribution in [0.4, 0.5) is 26.1 Å². The number of nitrogens with zero attached hydrogens (tertiary/aromatic N) is 4. The number of aryl methyl sites for hydroxylation is 1. The van der Waals surface area contributed by atoms with E-state index in [1.165, 1.54) is 12.3 Å². The molecule has 268 valence electrons. The normalized spacial score (nSPS) is 12.0. The fourth-order valence-corrected chi connectivity index (χ4v) is 6.19. The van der Waals surface area contributed by atoms with Gasteiger partial charge in [0, 0.05) is 73.6 Å². The summed E-state index contributed by atoms with van der Waals surface area (Å²) in [6.45, 7) is 9.64. The van der Waals surface area contributed by atoms with E-state index < -0.39 is 5.43 Å². The lowest BCUT2D eigenvalue weighted by atomic mass is 9.99. The SMILES string of the molecule is CCC(CCO)Cn1cc(-c2ccc(C)cc2)c(=O)c(N(F)c2ccc(-c3cc(-c4ccc(CN(CC)CCNC)c(F)c4)cnc3N)cc2)c1. The summed E-state index contributed by atoms with van der Waals surface area (Å²) >= 11 is 0. The Kier molecular flexibility index (Phi) is 12.7. The second kappa shape index (κ2) is 17.4. The summed E-state index contributed by atoms with van der Waals surface area (Å²) in [5.41, 5.74) is 11.4. The summed E-state index contributed by atoms with van der Waals surface area (Å²) in [6.07, 6.45) is 6.35. The van der Waals surface area contributed by atoms with Crippen molar-refractivity contribution in [2.45, 2.75) is 46.7 Å². The minimum absolute atomic E-state index is 0.0550. The van der Waals surface area contributed by atoms with Crippen molar-refractivity contribution in [1.29, 1.82) is 0 Å². The maximum Gasteiger partial charge on any atom is 0.215 e. The minimum Gasteiger partial charge on any atom is -0.396 e. The van der Waals surface area contributed by atoms with Crippen LogP contribution >= 0.6 is 0 Å². The second-order valence-electron chi connectivity index (χ2n) is 13.0. The standard InChI is InChI=1S/C41H48F2N6O2/c1-5-29(17-20-50)24-48-26-37(31-9-7-28(3)8-10-31)40(51)39(27-48)49(43)35-15-13-30(14-16-35)36-21-34(23-46-41(36)44)32-11-12-33(38(42)22-32)25-47(6-2)19-18-45-4/h7-16,21-23,26-27,29,45,50H,5-6,17-20,24-25H2,1-4H3,(H2,44,46). The van der Waals surface area contributed by atoms with E-state index in [4.69, 9.17) is 5.73 Å². The molecule has 2 aromatic heterocycles. The first-order valence-electron chi connectivity index (χ1n) is 17.5. The molecule has 0 saturated heterocycles. The van der Waals surface area contributed by atoms with Gasteiger partial charge in [-0.15, -0.1) is 0 Å². The van der Waals surface area contributed by atoms with Crippen LogP contribution < -0.4 is 21.6 Å². The average molecular weight is 695 g/mol. The highest BCUT2D eigenvalue weighted by Crippen LogP contribution is 2.33. The van der Waals surface area contributed by atoms with E-state index in [9.17, 15) is 9.90 Å². The molecule has 0 aliphatic carbocycles. The predicted molar refractivity (Wildman–Crippen MR) is 204 cm³/mol. The maximum atomic E-state index is 16.3.